The Kier molecular flexibility index (Phi) is 7.03. The topological polar surface area (TPSA) is 137 Å². The molecular weight excluding hydrogens is 557 g/mol. The Morgan fingerprint density at radius 2 is 1.79 bits per heavy atom. The third-order valence-electron chi connectivity index (χ3n) is 7.07. The molecule has 3 aromatic heterocycles. The van der Waals surface area contributed by atoms with E-state index in [0.29, 0.717) is 41.6 Å². The Bertz CT molecular complexity index is 1900. The molecule has 1 saturated heterocycles. The molecule has 42 heavy (non-hydrogen) atoms. The maximum absolute atomic E-state index is 15.4. The quantitative estimate of drug-likeness (QED) is 0.225. The Hall–Kier alpha value is -4.55. The van der Waals surface area contributed by atoms with Crippen LogP contribution in [0.15, 0.2) is 72.0 Å². The number of nitrogens with two attached hydrogens (primary N) is 1. The molecule has 0 spiro atoms. The van der Waals surface area contributed by atoms with E-state index in [4.69, 9.17) is 15.5 Å². The van der Waals surface area contributed by atoms with Crippen molar-refractivity contribution in [3.63, 3.8) is 0 Å². The molecule has 0 bridgehead atoms. The predicted molar refractivity (Wildman–Crippen MR) is 160 cm³/mol. The number of sulfonamides is 1. The van der Waals surface area contributed by atoms with Crippen LogP contribution >= 0.6 is 0 Å². The molecule has 0 saturated carbocycles. The molecule has 0 radical (unpaired) electrons. The molecule has 0 atom stereocenters. The number of hydrogen-bond donors (Lipinski definition) is 3. The molecule has 0 unspecified atom stereocenters. The van der Waals surface area contributed by atoms with Crippen LogP contribution < -0.4 is 15.8 Å². The SMILES string of the molecule is Cc1cncc(S(=O)(=O)Nc2ccc(-c3nc(C(C)C)n4c(-c5ccc(NC6COC6)cc5)cnc(N)c34)cc2F)c1. The molecule has 4 heterocycles. The van der Waals surface area contributed by atoms with Gasteiger partial charge in [0.2, 0.25) is 0 Å². The summed E-state index contributed by atoms with van der Waals surface area (Å²) in [6.07, 6.45) is 4.47. The lowest BCUT2D eigenvalue weighted by atomic mass is 10.1. The zero-order valence-corrected chi connectivity index (χ0v) is 24.1. The first-order valence-corrected chi connectivity index (χ1v) is 14.9. The van der Waals surface area contributed by atoms with E-state index in [1.807, 2.05) is 42.5 Å². The van der Waals surface area contributed by atoms with Gasteiger partial charge in [-0.2, -0.15) is 0 Å². The van der Waals surface area contributed by atoms with E-state index in [9.17, 15) is 8.42 Å². The Balaban J connectivity index is 1.39. The van der Waals surface area contributed by atoms with Crippen LogP contribution in [0, 0.1) is 12.7 Å². The smallest absolute Gasteiger partial charge is 0.263 e. The molecule has 1 aliphatic heterocycles. The third-order valence-corrected chi connectivity index (χ3v) is 8.40. The number of pyridine rings is 1. The normalized spacial score (nSPS) is 13.8. The van der Waals surface area contributed by atoms with E-state index >= 15 is 4.39 Å². The van der Waals surface area contributed by atoms with Crippen LogP contribution in [0.2, 0.25) is 0 Å². The number of halogens is 1. The Labute approximate surface area is 242 Å². The number of nitrogens with zero attached hydrogens (tertiary/aromatic N) is 4. The summed E-state index contributed by atoms with van der Waals surface area (Å²) < 4.78 is 50.6. The zero-order chi connectivity index (χ0) is 29.6. The van der Waals surface area contributed by atoms with Gasteiger partial charge in [0.15, 0.2) is 0 Å². The first kappa shape index (κ1) is 27.6. The van der Waals surface area contributed by atoms with E-state index in [1.54, 1.807) is 25.4 Å². The fraction of sp³-hybridized carbons (Fsp3) is 0.233. The second-order valence-corrected chi connectivity index (χ2v) is 12.3. The number of benzene rings is 2. The fourth-order valence-corrected chi connectivity index (χ4v) is 5.99. The molecule has 12 heteroatoms. The summed E-state index contributed by atoms with van der Waals surface area (Å²) in [7, 11) is -4.04. The molecule has 6 rings (SSSR count). The highest BCUT2D eigenvalue weighted by Crippen LogP contribution is 2.36. The van der Waals surface area contributed by atoms with Crippen molar-refractivity contribution in [2.45, 2.75) is 37.6 Å². The number of aryl methyl sites for hydroxylation is 1. The summed E-state index contributed by atoms with van der Waals surface area (Å²) in [5.74, 6) is 0.223. The lowest BCUT2D eigenvalue weighted by Crippen LogP contribution is -2.40. The van der Waals surface area contributed by atoms with Crippen molar-refractivity contribution < 1.29 is 17.5 Å². The first-order valence-electron chi connectivity index (χ1n) is 13.5. The second kappa shape index (κ2) is 10.7. The van der Waals surface area contributed by atoms with Crippen molar-refractivity contribution in [1.82, 2.24) is 19.4 Å². The monoisotopic (exact) mass is 587 g/mol. The lowest BCUT2D eigenvalue weighted by molar-refractivity contribution is 0.0211. The van der Waals surface area contributed by atoms with Crippen LogP contribution in [-0.4, -0.2) is 47.0 Å². The van der Waals surface area contributed by atoms with Crippen LogP contribution in [0.5, 0.6) is 0 Å². The zero-order valence-electron chi connectivity index (χ0n) is 23.3. The lowest BCUT2D eigenvalue weighted by Gasteiger charge is -2.27. The van der Waals surface area contributed by atoms with Crippen LogP contribution in [0.25, 0.3) is 28.0 Å². The van der Waals surface area contributed by atoms with E-state index < -0.39 is 15.8 Å². The molecule has 10 nitrogen and oxygen atoms in total. The number of rotatable bonds is 8. The van der Waals surface area contributed by atoms with Gasteiger partial charge in [-0.05, 0) is 42.8 Å². The molecule has 0 amide bonds. The summed E-state index contributed by atoms with van der Waals surface area (Å²) in [4.78, 5) is 13.2. The van der Waals surface area contributed by atoms with Crippen molar-refractivity contribution in [2.75, 3.05) is 29.0 Å². The molecular formula is C30H30FN7O3S. The highest BCUT2D eigenvalue weighted by Gasteiger charge is 2.23. The number of hydrogen-bond acceptors (Lipinski definition) is 8. The van der Waals surface area contributed by atoms with Crippen LogP contribution in [-0.2, 0) is 14.8 Å². The van der Waals surface area contributed by atoms with Crippen LogP contribution in [0.3, 0.4) is 0 Å². The van der Waals surface area contributed by atoms with E-state index in [-0.39, 0.29) is 22.3 Å². The highest BCUT2D eigenvalue weighted by atomic mass is 32.2. The van der Waals surface area contributed by atoms with E-state index in [1.165, 1.54) is 24.4 Å². The summed E-state index contributed by atoms with van der Waals surface area (Å²) in [5.41, 5.74) is 11.0. The Morgan fingerprint density at radius 1 is 1.05 bits per heavy atom. The minimum atomic E-state index is -4.04. The van der Waals surface area contributed by atoms with Crippen molar-refractivity contribution in [1.29, 1.82) is 0 Å². The van der Waals surface area contributed by atoms with Crippen LogP contribution in [0.1, 0.15) is 31.2 Å². The third kappa shape index (κ3) is 5.14. The number of fused-ring (bicyclic) bond motifs is 1. The minimum Gasteiger partial charge on any atom is -0.382 e. The van der Waals surface area contributed by atoms with Crippen molar-refractivity contribution in [2.24, 2.45) is 0 Å². The second-order valence-electron chi connectivity index (χ2n) is 10.6. The molecule has 0 aliphatic carbocycles. The molecule has 2 aromatic carbocycles. The maximum Gasteiger partial charge on any atom is 0.263 e. The summed E-state index contributed by atoms with van der Waals surface area (Å²) in [5, 5.41) is 3.43. The standard InChI is InChI=1S/C30H30FN7O3S/c1-17(2)30-36-27(20-6-9-25(24(31)11-20)37-42(39,40)23-10-18(3)12-33-13-23)28-29(32)34-14-26(38(28)30)19-4-7-21(8-5-19)35-22-15-41-16-22/h4-14,17,22,35,37H,15-16H2,1-3H3,(H2,32,34). The van der Waals surface area contributed by atoms with Crippen molar-refractivity contribution >= 4 is 32.7 Å². The number of nitrogen functional groups attached to an aromatic ring is 1. The molecule has 4 N–H and O–H groups in total. The maximum atomic E-state index is 15.4. The van der Waals surface area contributed by atoms with Gasteiger partial charge < -0.3 is 15.8 Å². The largest absolute Gasteiger partial charge is 0.382 e. The average Bonchev–Trinajstić information content (AvgIpc) is 3.35. The number of nitrogens with one attached hydrogen (secondary N) is 2. The van der Waals surface area contributed by atoms with Gasteiger partial charge >= 0.3 is 0 Å². The van der Waals surface area contributed by atoms with Gasteiger partial charge in [-0.25, -0.2) is 22.8 Å². The van der Waals surface area contributed by atoms with Crippen LogP contribution in [0.4, 0.5) is 21.6 Å². The van der Waals surface area contributed by atoms with Gasteiger partial charge in [-0.3, -0.25) is 14.1 Å². The number of anilines is 3. The summed E-state index contributed by atoms with van der Waals surface area (Å²) >= 11 is 0. The van der Waals surface area contributed by atoms with Gasteiger partial charge in [0.25, 0.3) is 10.0 Å². The minimum absolute atomic E-state index is 0.00484. The van der Waals surface area contributed by atoms with Crippen molar-refractivity contribution in [3.05, 3.63) is 84.3 Å². The molecule has 5 aromatic rings. The summed E-state index contributed by atoms with van der Waals surface area (Å²) in [6, 6.07) is 14.0. The highest BCUT2D eigenvalue weighted by molar-refractivity contribution is 7.92. The van der Waals surface area contributed by atoms with Gasteiger partial charge in [0.1, 0.15) is 33.6 Å². The molecule has 1 aliphatic rings. The van der Waals surface area contributed by atoms with Gasteiger partial charge in [-0.1, -0.05) is 32.0 Å². The van der Waals surface area contributed by atoms with Gasteiger partial charge in [0.05, 0.1) is 36.8 Å². The predicted octanol–water partition coefficient (Wildman–Crippen LogP) is 5.22. The molecule has 1 fully saturated rings. The van der Waals surface area contributed by atoms with Crippen molar-refractivity contribution in [3.8, 4) is 22.5 Å². The number of ether oxygens (including phenoxy) is 1. The molecule has 216 valence electrons. The number of imidazole rings is 1. The van der Waals surface area contributed by atoms with E-state index in [0.717, 1.165) is 22.8 Å². The Morgan fingerprint density at radius 3 is 2.43 bits per heavy atom. The number of aromatic nitrogens is 4. The summed E-state index contributed by atoms with van der Waals surface area (Å²) in [6.45, 7) is 7.15. The van der Waals surface area contributed by atoms with Gasteiger partial charge in [-0.15, -0.1) is 0 Å². The van der Waals surface area contributed by atoms with E-state index in [2.05, 4.69) is 20.0 Å². The fourth-order valence-electron chi connectivity index (χ4n) is 4.87. The first-order chi connectivity index (χ1) is 20.1. The average molecular weight is 588 g/mol. The van der Waals surface area contributed by atoms with Gasteiger partial charge in [0, 0.05) is 35.1 Å².